The smallest absolute Gasteiger partial charge is 0.246 e. The van der Waals surface area contributed by atoms with Crippen molar-refractivity contribution in [2.24, 2.45) is 11.7 Å². The number of nitrogens with two attached hydrogens (primary N) is 1. The van der Waals surface area contributed by atoms with Crippen molar-refractivity contribution < 1.29 is 8.78 Å². The second kappa shape index (κ2) is 5.03. The van der Waals surface area contributed by atoms with E-state index in [1.165, 1.54) is 0 Å². The summed E-state index contributed by atoms with van der Waals surface area (Å²) in [6.07, 6.45) is 2.21. The number of piperidine rings is 1. The van der Waals surface area contributed by atoms with Crippen LogP contribution in [0.3, 0.4) is 0 Å². The van der Waals surface area contributed by atoms with Gasteiger partial charge >= 0.3 is 0 Å². The number of nitrogens with zero attached hydrogens (tertiary/aromatic N) is 1. The van der Waals surface area contributed by atoms with Gasteiger partial charge in [-0.25, -0.2) is 8.78 Å². The lowest BCUT2D eigenvalue weighted by molar-refractivity contribution is -0.000379. The second-order valence-corrected chi connectivity index (χ2v) is 4.36. The summed E-state index contributed by atoms with van der Waals surface area (Å²) in [5, 5.41) is 0. The Morgan fingerprint density at radius 2 is 2.21 bits per heavy atom. The third-order valence-electron chi connectivity index (χ3n) is 2.80. The zero-order valence-corrected chi connectivity index (χ0v) is 8.81. The van der Waals surface area contributed by atoms with Crippen LogP contribution in [0.1, 0.15) is 26.2 Å². The van der Waals surface area contributed by atoms with Crippen LogP contribution in [0, 0.1) is 5.92 Å². The summed E-state index contributed by atoms with van der Waals surface area (Å²) in [5.41, 5.74) is 5.57. The summed E-state index contributed by atoms with van der Waals surface area (Å²) in [6.45, 7) is 4.01. The normalized spacial score (nSPS) is 25.3. The first-order valence-electron chi connectivity index (χ1n) is 5.31. The molecule has 0 saturated carbocycles. The highest BCUT2D eigenvalue weighted by molar-refractivity contribution is 4.74. The molecule has 1 fully saturated rings. The molecule has 1 atom stereocenters. The van der Waals surface area contributed by atoms with Gasteiger partial charge in [0.05, 0.1) is 0 Å². The fourth-order valence-corrected chi connectivity index (χ4v) is 1.90. The maximum atomic E-state index is 12.6. The molecule has 0 aliphatic carbocycles. The summed E-state index contributed by atoms with van der Waals surface area (Å²) in [4.78, 5) is 2.11. The average Bonchev–Trinajstić information content (AvgIpc) is 2.14. The van der Waals surface area contributed by atoms with E-state index in [4.69, 9.17) is 5.73 Å². The molecule has 2 N–H and O–H groups in total. The van der Waals surface area contributed by atoms with Gasteiger partial charge < -0.3 is 10.6 Å². The Morgan fingerprint density at radius 1 is 1.50 bits per heavy atom. The predicted molar refractivity (Wildman–Crippen MR) is 53.5 cm³/mol. The molecule has 0 bridgehead atoms. The van der Waals surface area contributed by atoms with Crippen molar-refractivity contribution >= 4 is 0 Å². The van der Waals surface area contributed by atoms with Crippen LogP contribution in [0.15, 0.2) is 0 Å². The highest BCUT2D eigenvalue weighted by atomic mass is 19.3. The molecule has 1 saturated heterocycles. The van der Waals surface area contributed by atoms with E-state index in [1.807, 2.05) is 0 Å². The summed E-state index contributed by atoms with van der Waals surface area (Å²) in [6, 6.07) is 0. The summed E-state index contributed by atoms with van der Waals surface area (Å²) < 4.78 is 25.2. The van der Waals surface area contributed by atoms with Gasteiger partial charge in [-0.2, -0.15) is 0 Å². The lowest BCUT2D eigenvalue weighted by Gasteiger charge is -2.32. The van der Waals surface area contributed by atoms with Crippen LogP contribution in [-0.2, 0) is 0 Å². The van der Waals surface area contributed by atoms with Crippen molar-refractivity contribution in [3.05, 3.63) is 0 Å². The van der Waals surface area contributed by atoms with Gasteiger partial charge in [-0.15, -0.1) is 0 Å². The zero-order chi connectivity index (χ0) is 10.6. The zero-order valence-electron chi connectivity index (χ0n) is 8.81. The fourth-order valence-electron chi connectivity index (χ4n) is 1.90. The lowest BCUT2D eigenvalue weighted by Crippen LogP contribution is -2.40. The van der Waals surface area contributed by atoms with E-state index in [9.17, 15) is 8.78 Å². The highest BCUT2D eigenvalue weighted by Crippen LogP contribution is 2.20. The van der Waals surface area contributed by atoms with Crippen molar-refractivity contribution in [3.8, 4) is 0 Å². The average molecular weight is 206 g/mol. The summed E-state index contributed by atoms with van der Waals surface area (Å²) in [5.74, 6) is -2.02. The SMILES string of the molecule is CC(F)(F)CCN1CCCC(CN)C1. The molecule has 84 valence electrons. The Bertz CT molecular complexity index is 168. The van der Waals surface area contributed by atoms with Gasteiger partial charge in [0.1, 0.15) is 0 Å². The molecule has 1 heterocycles. The Balaban J connectivity index is 2.24. The maximum Gasteiger partial charge on any atom is 0.246 e. The molecule has 1 aliphatic heterocycles. The van der Waals surface area contributed by atoms with Crippen molar-refractivity contribution in [3.63, 3.8) is 0 Å². The van der Waals surface area contributed by atoms with Crippen LogP contribution in [0.5, 0.6) is 0 Å². The van der Waals surface area contributed by atoms with E-state index in [1.54, 1.807) is 0 Å². The van der Waals surface area contributed by atoms with E-state index in [0.29, 0.717) is 19.0 Å². The molecule has 4 heteroatoms. The third kappa shape index (κ3) is 4.33. The minimum Gasteiger partial charge on any atom is -0.330 e. The summed E-state index contributed by atoms with van der Waals surface area (Å²) >= 11 is 0. The molecule has 0 aromatic carbocycles. The Morgan fingerprint density at radius 3 is 2.79 bits per heavy atom. The van der Waals surface area contributed by atoms with Crippen molar-refractivity contribution in [1.29, 1.82) is 0 Å². The Hall–Kier alpha value is -0.220. The molecule has 2 nitrogen and oxygen atoms in total. The molecule has 1 rings (SSSR count). The molecular weight excluding hydrogens is 186 g/mol. The van der Waals surface area contributed by atoms with Gasteiger partial charge in [0.2, 0.25) is 5.92 Å². The van der Waals surface area contributed by atoms with E-state index in [2.05, 4.69) is 4.90 Å². The molecule has 1 aliphatic rings. The number of alkyl halides is 2. The van der Waals surface area contributed by atoms with Crippen molar-refractivity contribution in [2.75, 3.05) is 26.2 Å². The van der Waals surface area contributed by atoms with Crippen LogP contribution < -0.4 is 5.73 Å². The van der Waals surface area contributed by atoms with Gasteiger partial charge in [0.25, 0.3) is 0 Å². The number of rotatable bonds is 4. The highest BCUT2D eigenvalue weighted by Gasteiger charge is 2.24. The van der Waals surface area contributed by atoms with Crippen LogP contribution in [0.25, 0.3) is 0 Å². The molecule has 14 heavy (non-hydrogen) atoms. The van der Waals surface area contributed by atoms with Gasteiger partial charge in [-0.3, -0.25) is 0 Å². The first-order valence-corrected chi connectivity index (χ1v) is 5.31. The monoisotopic (exact) mass is 206 g/mol. The molecular formula is C10H20F2N2. The van der Waals surface area contributed by atoms with Crippen molar-refractivity contribution in [1.82, 2.24) is 4.90 Å². The minimum atomic E-state index is -2.53. The van der Waals surface area contributed by atoms with E-state index < -0.39 is 5.92 Å². The maximum absolute atomic E-state index is 12.6. The number of likely N-dealkylation sites (tertiary alicyclic amines) is 1. The largest absolute Gasteiger partial charge is 0.330 e. The van der Waals surface area contributed by atoms with Gasteiger partial charge in [-0.05, 0) is 38.8 Å². The fraction of sp³-hybridized carbons (Fsp3) is 1.00. The number of hydrogen-bond acceptors (Lipinski definition) is 2. The number of hydrogen-bond donors (Lipinski definition) is 1. The van der Waals surface area contributed by atoms with Gasteiger partial charge in [0.15, 0.2) is 0 Å². The Labute approximate surface area is 84.4 Å². The quantitative estimate of drug-likeness (QED) is 0.758. The lowest BCUT2D eigenvalue weighted by atomic mass is 9.98. The summed E-state index contributed by atoms with van der Waals surface area (Å²) in [7, 11) is 0. The van der Waals surface area contributed by atoms with Gasteiger partial charge in [-0.1, -0.05) is 0 Å². The first-order chi connectivity index (χ1) is 6.51. The molecule has 0 aromatic heterocycles. The second-order valence-electron chi connectivity index (χ2n) is 4.36. The van der Waals surface area contributed by atoms with Crippen LogP contribution >= 0.6 is 0 Å². The predicted octanol–water partition coefficient (Wildman–Crippen LogP) is 1.70. The van der Waals surface area contributed by atoms with Crippen LogP contribution in [0.2, 0.25) is 0 Å². The van der Waals surface area contributed by atoms with Crippen LogP contribution in [0.4, 0.5) is 8.78 Å². The molecule has 0 amide bonds. The van der Waals surface area contributed by atoms with Crippen LogP contribution in [-0.4, -0.2) is 37.0 Å². The van der Waals surface area contributed by atoms with E-state index >= 15 is 0 Å². The molecule has 0 aromatic rings. The van der Waals surface area contributed by atoms with Gasteiger partial charge in [0, 0.05) is 19.5 Å². The van der Waals surface area contributed by atoms with E-state index in [-0.39, 0.29) is 6.42 Å². The Kier molecular flexibility index (Phi) is 4.26. The minimum absolute atomic E-state index is 0.0374. The number of halogens is 2. The van der Waals surface area contributed by atoms with Crippen molar-refractivity contribution in [2.45, 2.75) is 32.1 Å². The van der Waals surface area contributed by atoms with E-state index in [0.717, 1.165) is 32.9 Å². The first kappa shape index (κ1) is 11.9. The standard InChI is InChI=1S/C10H20F2N2/c1-10(11,12)4-6-14-5-2-3-9(7-13)8-14/h9H,2-8,13H2,1H3. The topological polar surface area (TPSA) is 29.3 Å². The molecule has 0 spiro atoms. The molecule has 1 unspecified atom stereocenters. The third-order valence-corrected chi connectivity index (χ3v) is 2.80. The molecule has 0 radical (unpaired) electrons.